The molecule has 25 heavy (non-hydrogen) atoms. The molecule has 2 amide bonds. The van der Waals surface area contributed by atoms with Crippen LogP contribution in [0.25, 0.3) is 0 Å². The summed E-state index contributed by atoms with van der Waals surface area (Å²) in [6.07, 6.45) is 4.22. The van der Waals surface area contributed by atoms with Gasteiger partial charge in [0, 0.05) is 18.9 Å². The third kappa shape index (κ3) is 6.52. The van der Waals surface area contributed by atoms with Gasteiger partial charge in [-0.15, -0.1) is 0 Å². The largest absolute Gasteiger partial charge is 0.324 e. The predicted octanol–water partition coefficient (Wildman–Crippen LogP) is 5.24. The first-order valence-electron chi connectivity index (χ1n) is 9.36. The highest BCUT2D eigenvalue weighted by atomic mass is 16.2. The molecule has 140 valence electrons. The molecule has 0 aliphatic carbocycles. The summed E-state index contributed by atoms with van der Waals surface area (Å²) in [5.74, 6) is 0.669. The van der Waals surface area contributed by atoms with E-state index in [4.69, 9.17) is 0 Å². The van der Waals surface area contributed by atoms with E-state index in [0.29, 0.717) is 18.0 Å². The second-order valence-electron chi connectivity index (χ2n) is 7.85. The molecule has 0 spiro atoms. The molecule has 0 saturated carbocycles. The number of carbonyl (C=O) groups is 2. The van der Waals surface area contributed by atoms with E-state index in [1.165, 1.54) is 0 Å². The fraction of sp³-hybridized carbons (Fsp3) is 0.619. The van der Waals surface area contributed by atoms with Crippen LogP contribution in [0.5, 0.6) is 0 Å². The Kier molecular flexibility index (Phi) is 8.14. The molecule has 4 nitrogen and oxygen atoms in total. The van der Waals surface area contributed by atoms with Gasteiger partial charge < -0.3 is 10.2 Å². The third-order valence-corrected chi connectivity index (χ3v) is 4.48. The van der Waals surface area contributed by atoms with E-state index in [1.54, 1.807) is 11.9 Å². The van der Waals surface area contributed by atoms with Crippen LogP contribution in [0.15, 0.2) is 24.3 Å². The number of amides is 2. The summed E-state index contributed by atoms with van der Waals surface area (Å²) in [5.41, 5.74) is 1.02. The van der Waals surface area contributed by atoms with Crippen molar-refractivity contribution in [3.8, 4) is 0 Å². The van der Waals surface area contributed by atoms with E-state index in [0.717, 1.165) is 31.4 Å². The summed E-state index contributed by atoms with van der Waals surface area (Å²) >= 11 is 0. The second-order valence-corrected chi connectivity index (χ2v) is 7.85. The predicted molar refractivity (Wildman–Crippen MR) is 106 cm³/mol. The molecule has 0 radical (unpaired) electrons. The van der Waals surface area contributed by atoms with Crippen molar-refractivity contribution in [2.24, 2.45) is 11.3 Å². The van der Waals surface area contributed by atoms with Crippen LogP contribution in [0.1, 0.15) is 66.7 Å². The minimum Gasteiger partial charge on any atom is -0.324 e. The van der Waals surface area contributed by atoms with Crippen molar-refractivity contribution < 1.29 is 9.59 Å². The molecule has 1 rings (SSSR count). The topological polar surface area (TPSA) is 49.4 Å². The van der Waals surface area contributed by atoms with Gasteiger partial charge in [0.15, 0.2) is 0 Å². The molecule has 0 bridgehead atoms. The zero-order chi connectivity index (χ0) is 19.0. The molecule has 0 unspecified atom stereocenters. The quantitative estimate of drug-likeness (QED) is 0.664. The van der Waals surface area contributed by atoms with Crippen LogP contribution in [0, 0.1) is 11.3 Å². The number of carbonyl (C=O) groups excluding carboxylic acids is 2. The van der Waals surface area contributed by atoms with E-state index in [2.05, 4.69) is 26.1 Å². The first-order chi connectivity index (χ1) is 11.7. The lowest BCUT2D eigenvalue weighted by Crippen LogP contribution is -2.39. The number of benzene rings is 1. The fourth-order valence-electron chi connectivity index (χ4n) is 3.05. The van der Waals surface area contributed by atoms with Crippen molar-refractivity contribution in [2.75, 3.05) is 17.3 Å². The lowest BCUT2D eigenvalue weighted by Gasteiger charge is -2.30. The number of hydrogen-bond acceptors (Lipinski definition) is 2. The van der Waals surface area contributed by atoms with Crippen molar-refractivity contribution >= 4 is 23.2 Å². The van der Waals surface area contributed by atoms with Gasteiger partial charge in [-0.25, -0.2) is 0 Å². The fourth-order valence-corrected chi connectivity index (χ4v) is 3.05. The Labute approximate surface area is 153 Å². The highest BCUT2D eigenvalue weighted by Gasteiger charge is 2.30. The number of nitrogens with one attached hydrogen (secondary N) is 1. The van der Waals surface area contributed by atoms with Crippen LogP contribution in [-0.2, 0) is 9.59 Å². The van der Waals surface area contributed by atoms with Crippen LogP contribution in [0.4, 0.5) is 11.4 Å². The van der Waals surface area contributed by atoms with Gasteiger partial charge in [0.25, 0.3) is 0 Å². The average molecular weight is 347 g/mol. The van der Waals surface area contributed by atoms with Crippen molar-refractivity contribution in [3.63, 3.8) is 0 Å². The zero-order valence-corrected chi connectivity index (χ0v) is 16.7. The summed E-state index contributed by atoms with van der Waals surface area (Å²) < 4.78 is 0. The van der Waals surface area contributed by atoms with Gasteiger partial charge in [0.2, 0.25) is 11.8 Å². The molecule has 0 heterocycles. The average Bonchev–Trinajstić information content (AvgIpc) is 2.53. The minimum atomic E-state index is -0.419. The number of nitrogens with zero attached hydrogens (tertiary/aromatic N) is 1. The standard InChI is InChI=1S/C21H34N2O2/c1-7-15-21(4,5)20(25)23(6)18-13-9-8-12-17(18)22-19(24)14-10-11-16(2)3/h8-9,12-13,16H,7,10-11,14-15H2,1-6H3,(H,22,24). The molecule has 1 aromatic rings. The Morgan fingerprint density at radius 3 is 2.44 bits per heavy atom. The van der Waals surface area contributed by atoms with E-state index >= 15 is 0 Å². The molecule has 1 aromatic carbocycles. The van der Waals surface area contributed by atoms with E-state index in [9.17, 15) is 9.59 Å². The lowest BCUT2D eigenvalue weighted by atomic mass is 9.86. The van der Waals surface area contributed by atoms with Crippen molar-refractivity contribution in [1.29, 1.82) is 0 Å². The molecule has 0 aliphatic rings. The van der Waals surface area contributed by atoms with Gasteiger partial charge in [-0.2, -0.15) is 0 Å². The highest BCUT2D eigenvalue weighted by molar-refractivity contribution is 6.02. The molecule has 0 aliphatic heterocycles. The summed E-state index contributed by atoms with van der Waals surface area (Å²) in [4.78, 5) is 26.7. The molecule has 0 atom stereocenters. The van der Waals surface area contributed by atoms with Crippen LogP contribution < -0.4 is 10.2 Å². The Hall–Kier alpha value is -1.84. The van der Waals surface area contributed by atoms with Gasteiger partial charge in [-0.1, -0.05) is 59.6 Å². The van der Waals surface area contributed by atoms with Crippen LogP contribution in [0.3, 0.4) is 0 Å². The molecule has 4 heteroatoms. The van der Waals surface area contributed by atoms with Crippen LogP contribution in [0.2, 0.25) is 0 Å². The molecule has 0 fully saturated rings. The van der Waals surface area contributed by atoms with Gasteiger partial charge in [0.05, 0.1) is 11.4 Å². The monoisotopic (exact) mass is 346 g/mol. The molecular weight excluding hydrogens is 312 g/mol. The number of rotatable bonds is 9. The van der Waals surface area contributed by atoms with Crippen molar-refractivity contribution in [3.05, 3.63) is 24.3 Å². The lowest BCUT2D eigenvalue weighted by molar-refractivity contribution is -0.126. The minimum absolute atomic E-state index is 0.00164. The molecule has 0 aromatic heterocycles. The first kappa shape index (κ1) is 21.2. The van der Waals surface area contributed by atoms with E-state index < -0.39 is 5.41 Å². The van der Waals surface area contributed by atoms with Gasteiger partial charge >= 0.3 is 0 Å². The SMILES string of the molecule is CCCC(C)(C)C(=O)N(C)c1ccccc1NC(=O)CCCC(C)C. The van der Waals surface area contributed by atoms with Crippen molar-refractivity contribution in [2.45, 2.75) is 66.7 Å². The Morgan fingerprint density at radius 1 is 1.20 bits per heavy atom. The molecule has 0 saturated heterocycles. The number of anilines is 2. The Morgan fingerprint density at radius 2 is 1.84 bits per heavy atom. The normalized spacial score (nSPS) is 11.5. The van der Waals surface area contributed by atoms with E-state index in [1.807, 2.05) is 38.1 Å². The van der Waals surface area contributed by atoms with Crippen LogP contribution >= 0.6 is 0 Å². The maximum absolute atomic E-state index is 12.9. The maximum Gasteiger partial charge on any atom is 0.232 e. The Bertz CT molecular complexity index is 579. The smallest absolute Gasteiger partial charge is 0.232 e. The Balaban J connectivity index is 2.85. The summed E-state index contributed by atoms with van der Waals surface area (Å²) in [6.45, 7) is 10.4. The molecule has 1 N–H and O–H groups in total. The zero-order valence-electron chi connectivity index (χ0n) is 16.7. The van der Waals surface area contributed by atoms with Gasteiger partial charge in [-0.05, 0) is 30.9 Å². The van der Waals surface area contributed by atoms with Crippen molar-refractivity contribution in [1.82, 2.24) is 0 Å². The third-order valence-electron chi connectivity index (χ3n) is 4.48. The molecular formula is C21H34N2O2. The van der Waals surface area contributed by atoms with Gasteiger partial charge in [0.1, 0.15) is 0 Å². The summed E-state index contributed by atoms with van der Waals surface area (Å²) in [6, 6.07) is 7.50. The first-order valence-corrected chi connectivity index (χ1v) is 9.36. The summed E-state index contributed by atoms with van der Waals surface area (Å²) in [7, 11) is 1.78. The second kappa shape index (κ2) is 9.59. The highest BCUT2D eigenvalue weighted by Crippen LogP contribution is 2.31. The number of hydrogen-bond donors (Lipinski definition) is 1. The maximum atomic E-state index is 12.9. The van der Waals surface area contributed by atoms with Gasteiger partial charge in [-0.3, -0.25) is 9.59 Å². The van der Waals surface area contributed by atoms with Crippen LogP contribution in [-0.4, -0.2) is 18.9 Å². The summed E-state index contributed by atoms with van der Waals surface area (Å²) in [5, 5.41) is 2.97. The number of para-hydroxylation sites is 2. The van der Waals surface area contributed by atoms with E-state index in [-0.39, 0.29) is 11.8 Å².